The molecule has 0 aliphatic heterocycles. The molecule has 0 aliphatic carbocycles. The molecule has 0 saturated carbocycles. The Labute approximate surface area is 97.3 Å². The fourth-order valence-corrected chi connectivity index (χ4v) is 2.01. The van der Waals surface area contributed by atoms with Gasteiger partial charge in [0, 0.05) is 0 Å². The van der Waals surface area contributed by atoms with Crippen LogP contribution in [0.4, 0.5) is 0 Å². The second-order valence-electron chi connectivity index (χ2n) is 3.80. The van der Waals surface area contributed by atoms with Gasteiger partial charge in [0.25, 0.3) is 0 Å². The first-order valence-electron chi connectivity index (χ1n) is 5.66. The summed E-state index contributed by atoms with van der Waals surface area (Å²) in [5.41, 5.74) is 5.18. The van der Waals surface area contributed by atoms with Crippen LogP contribution < -0.4 is 0 Å². The lowest BCUT2D eigenvalue weighted by Crippen LogP contribution is -1.89. The van der Waals surface area contributed by atoms with Crippen molar-refractivity contribution in [3.63, 3.8) is 0 Å². The molecule has 2 aromatic carbocycles. The van der Waals surface area contributed by atoms with Crippen LogP contribution in [0.5, 0.6) is 0 Å². The number of benzene rings is 2. The first-order valence-corrected chi connectivity index (χ1v) is 5.66. The van der Waals surface area contributed by atoms with Gasteiger partial charge in [0.1, 0.15) is 0 Å². The van der Waals surface area contributed by atoms with Crippen LogP contribution in [0.3, 0.4) is 0 Å². The highest BCUT2D eigenvalue weighted by Crippen LogP contribution is 2.27. The molecule has 0 fully saturated rings. The smallest absolute Gasteiger partial charge is 0.0109 e. The van der Waals surface area contributed by atoms with Crippen LogP contribution in [0.25, 0.3) is 17.2 Å². The van der Waals surface area contributed by atoms with Crippen molar-refractivity contribution in [1.29, 1.82) is 0 Å². The van der Waals surface area contributed by atoms with Crippen molar-refractivity contribution in [2.24, 2.45) is 0 Å². The van der Waals surface area contributed by atoms with E-state index in [1.807, 2.05) is 6.08 Å². The van der Waals surface area contributed by atoms with Crippen LogP contribution in [0.1, 0.15) is 18.1 Å². The van der Waals surface area contributed by atoms with Gasteiger partial charge in [-0.15, -0.1) is 0 Å². The highest BCUT2D eigenvalue weighted by Gasteiger charge is 2.05. The number of hydrogen-bond donors (Lipinski definition) is 0. The summed E-state index contributed by atoms with van der Waals surface area (Å²) in [6.07, 6.45) is 2.98. The Morgan fingerprint density at radius 1 is 0.938 bits per heavy atom. The molecule has 0 amide bonds. The monoisotopic (exact) mass is 208 g/mol. The van der Waals surface area contributed by atoms with E-state index in [9.17, 15) is 0 Å². The lowest BCUT2D eigenvalue weighted by Gasteiger charge is -2.10. The van der Waals surface area contributed by atoms with E-state index >= 15 is 0 Å². The predicted octanol–water partition coefficient (Wildman–Crippen LogP) is 4.56. The molecule has 0 aromatic heterocycles. The second kappa shape index (κ2) is 4.80. The Morgan fingerprint density at radius 3 is 2.25 bits per heavy atom. The average molecular weight is 208 g/mol. The van der Waals surface area contributed by atoms with Gasteiger partial charge in [-0.2, -0.15) is 0 Å². The molecule has 0 spiro atoms. The van der Waals surface area contributed by atoms with Gasteiger partial charge >= 0.3 is 0 Å². The first-order chi connectivity index (χ1) is 7.86. The van der Waals surface area contributed by atoms with Gasteiger partial charge in [0.05, 0.1) is 0 Å². The Morgan fingerprint density at radius 2 is 1.56 bits per heavy atom. The summed E-state index contributed by atoms with van der Waals surface area (Å²) in [6.45, 7) is 6.06. The SMILES string of the molecule is C=Cc1ccccc1-c1ccccc1CC. The van der Waals surface area contributed by atoms with E-state index in [1.165, 1.54) is 22.3 Å². The molecule has 0 saturated heterocycles. The maximum absolute atomic E-state index is 3.87. The van der Waals surface area contributed by atoms with E-state index in [2.05, 4.69) is 62.0 Å². The molecule has 0 unspecified atom stereocenters. The van der Waals surface area contributed by atoms with Crippen molar-refractivity contribution < 1.29 is 0 Å². The largest absolute Gasteiger partial charge is 0.0984 e. The average Bonchev–Trinajstić information content (AvgIpc) is 2.38. The highest BCUT2D eigenvalue weighted by atomic mass is 14.1. The van der Waals surface area contributed by atoms with Crippen molar-refractivity contribution in [1.82, 2.24) is 0 Å². The minimum absolute atomic E-state index is 1.06. The van der Waals surface area contributed by atoms with Gasteiger partial charge in [-0.3, -0.25) is 0 Å². The molecule has 2 aromatic rings. The Hall–Kier alpha value is -1.82. The Bertz CT molecular complexity index is 495. The topological polar surface area (TPSA) is 0 Å². The van der Waals surface area contributed by atoms with E-state index in [4.69, 9.17) is 0 Å². The van der Waals surface area contributed by atoms with E-state index < -0.39 is 0 Å². The minimum Gasteiger partial charge on any atom is -0.0984 e. The molecule has 0 bridgehead atoms. The zero-order valence-electron chi connectivity index (χ0n) is 9.61. The molecule has 0 radical (unpaired) electrons. The summed E-state index contributed by atoms with van der Waals surface area (Å²) in [6, 6.07) is 17.0. The molecule has 0 aliphatic rings. The van der Waals surface area contributed by atoms with Crippen LogP contribution in [0.15, 0.2) is 55.1 Å². The summed E-state index contributed by atoms with van der Waals surface area (Å²) in [5.74, 6) is 0. The third-order valence-electron chi connectivity index (χ3n) is 2.87. The molecular weight excluding hydrogens is 192 g/mol. The van der Waals surface area contributed by atoms with Crippen molar-refractivity contribution in [2.45, 2.75) is 13.3 Å². The standard InChI is InChI=1S/C16H16/c1-3-13-9-5-7-11-15(13)16-12-8-6-10-14(16)4-2/h3,5-12H,1,4H2,2H3. The summed E-state index contributed by atoms with van der Waals surface area (Å²) in [7, 11) is 0. The van der Waals surface area contributed by atoms with Gasteiger partial charge in [0.2, 0.25) is 0 Å². The van der Waals surface area contributed by atoms with Crippen LogP contribution in [-0.4, -0.2) is 0 Å². The maximum Gasteiger partial charge on any atom is -0.0109 e. The molecule has 0 atom stereocenters. The third-order valence-corrected chi connectivity index (χ3v) is 2.87. The fraction of sp³-hybridized carbons (Fsp3) is 0.125. The van der Waals surface area contributed by atoms with Gasteiger partial charge in [0.15, 0.2) is 0 Å². The molecule has 0 nitrogen and oxygen atoms in total. The van der Waals surface area contributed by atoms with Crippen molar-refractivity contribution in [2.75, 3.05) is 0 Å². The molecule has 2 rings (SSSR count). The van der Waals surface area contributed by atoms with E-state index in [0.29, 0.717) is 0 Å². The quantitative estimate of drug-likeness (QED) is 0.693. The first kappa shape index (κ1) is 10.7. The zero-order valence-corrected chi connectivity index (χ0v) is 9.61. The molecular formula is C16H16. The summed E-state index contributed by atoms with van der Waals surface area (Å²) in [5, 5.41) is 0. The second-order valence-corrected chi connectivity index (χ2v) is 3.80. The lowest BCUT2D eigenvalue weighted by atomic mass is 9.94. The van der Waals surface area contributed by atoms with Gasteiger partial charge in [-0.05, 0) is 28.7 Å². The molecule has 80 valence electrons. The number of rotatable bonds is 3. The fourth-order valence-electron chi connectivity index (χ4n) is 2.01. The third kappa shape index (κ3) is 1.92. The minimum atomic E-state index is 1.06. The summed E-state index contributed by atoms with van der Waals surface area (Å²) >= 11 is 0. The Balaban J connectivity index is 2.62. The normalized spacial score (nSPS) is 10.1. The maximum atomic E-state index is 3.87. The van der Waals surface area contributed by atoms with Crippen molar-refractivity contribution >= 4 is 6.08 Å². The van der Waals surface area contributed by atoms with Crippen LogP contribution in [0.2, 0.25) is 0 Å². The summed E-state index contributed by atoms with van der Waals surface area (Å²) in [4.78, 5) is 0. The molecule has 16 heavy (non-hydrogen) atoms. The van der Waals surface area contributed by atoms with E-state index in [1.54, 1.807) is 0 Å². The predicted molar refractivity (Wildman–Crippen MR) is 71.3 cm³/mol. The highest BCUT2D eigenvalue weighted by molar-refractivity contribution is 5.76. The zero-order chi connectivity index (χ0) is 11.4. The van der Waals surface area contributed by atoms with Gasteiger partial charge < -0.3 is 0 Å². The van der Waals surface area contributed by atoms with Gasteiger partial charge in [-0.25, -0.2) is 0 Å². The van der Waals surface area contributed by atoms with Crippen LogP contribution in [-0.2, 0) is 6.42 Å². The number of aryl methyl sites for hydroxylation is 1. The molecule has 0 heterocycles. The van der Waals surface area contributed by atoms with Crippen molar-refractivity contribution in [3.8, 4) is 11.1 Å². The van der Waals surface area contributed by atoms with Crippen molar-refractivity contribution in [3.05, 3.63) is 66.2 Å². The lowest BCUT2D eigenvalue weighted by molar-refractivity contribution is 1.14. The number of hydrogen-bond acceptors (Lipinski definition) is 0. The van der Waals surface area contributed by atoms with Gasteiger partial charge in [-0.1, -0.05) is 68.1 Å². The van der Waals surface area contributed by atoms with Crippen LogP contribution >= 0.6 is 0 Å². The Kier molecular flexibility index (Phi) is 3.21. The van der Waals surface area contributed by atoms with E-state index in [-0.39, 0.29) is 0 Å². The molecule has 0 heteroatoms. The molecule has 0 N–H and O–H groups in total. The van der Waals surface area contributed by atoms with Crippen LogP contribution in [0, 0.1) is 0 Å². The van der Waals surface area contributed by atoms with E-state index in [0.717, 1.165) is 6.42 Å². The summed E-state index contributed by atoms with van der Waals surface area (Å²) < 4.78 is 0.